The first-order valence-electron chi connectivity index (χ1n) is 7.58. The fourth-order valence-corrected chi connectivity index (χ4v) is 2.36. The van der Waals surface area contributed by atoms with Gasteiger partial charge in [-0.15, -0.1) is 0 Å². The predicted molar refractivity (Wildman–Crippen MR) is 90.9 cm³/mol. The highest BCUT2D eigenvalue weighted by Crippen LogP contribution is 2.35. The van der Waals surface area contributed by atoms with Crippen molar-refractivity contribution in [1.82, 2.24) is 0 Å². The highest BCUT2D eigenvalue weighted by molar-refractivity contribution is 6.05. The molecule has 0 fully saturated rings. The van der Waals surface area contributed by atoms with Crippen molar-refractivity contribution in [3.63, 3.8) is 0 Å². The second-order valence-electron chi connectivity index (χ2n) is 5.64. The van der Waals surface area contributed by atoms with E-state index >= 15 is 0 Å². The summed E-state index contributed by atoms with van der Waals surface area (Å²) < 4.78 is 10.1. The van der Waals surface area contributed by atoms with Gasteiger partial charge >= 0.3 is 17.6 Å². The van der Waals surface area contributed by atoms with E-state index in [0.717, 1.165) is 18.7 Å². The summed E-state index contributed by atoms with van der Waals surface area (Å²) in [4.78, 5) is 34.3. The van der Waals surface area contributed by atoms with Crippen molar-refractivity contribution in [1.29, 1.82) is 0 Å². The van der Waals surface area contributed by atoms with E-state index in [9.17, 15) is 24.8 Å². The normalized spacial score (nSPS) is 12.7. The maximum atomic E-state index is 12.0. The van der Waals surface area contributed by atoms with E-state index in [1.807, 2.05) is 6.07 Å². The van der Waals surface area contributed by atoms with E-state index in [0.29, 0.717) is 0 Å². The highest BCUT2D eigenvalue weighted by atomic mass is 16.6. The van der Waals surface area contributed by atoms with E-state index in [1.165, 1.54) is 19.1 Å². The van der Waals surface area contributed by atoms with Gasteiger partial charge in [0.15, 0.2) is 11.2 Å². The molecular formula is C18H17NO7. The molecule has 0 heterocycles. The van der Waals surface area contributed by atoms with Crippen molar-refractivity contribution in [3.05, 3.63) is 69.8 Å². The van der Waals surface area contributed by atoms with Crippen LogP contribution in [-0.2, 0) is 26.3 Å². The van der Waals surface area contributed by atoms with Crippen LogP contribution in [0.1, 0.15) is 18.1 Å². The minimum atomic E-state index is -2.02. The minimum Gasteiger partial charge on any atom is -0.482 e. The first-order valence-corrected chi connectivity index (χ1v) is 7.58. The zero-order valence-corrected chi connectivity index (χ0v) is 14.2. The van der Waals surface area contributed by atoms with Gasteiger partial charge in [-0.2, -0.15) is 0 Å². The Morgan fingerprint density at radius 3 is 2.38 bits per heavy atom. The molecule has 0 aliphatic heterocycles. The van der Waals surface area contributed by atoms with Gasteiger partial charge in [0.05, 0.1) is 12.0 Å². The summed E-state index contributed by atoms with van der Waals surface area (Å²) in [6, 6.07) is 12.5. The second-order valence-corrected chi connectivity index (χ2v) is 5.64. The Kier molecular flexibility index (Phi) is 5.56. The number of hydrogen-bond donors (Lipinski definition) is 1. The number of carboxylic acids is 1. The average Bonchev–Trinajstić information content (AvgIpc) is 2.65. The molecule has 2 aromatic rings. The third-order valence-corrected chi connectivity index (χ3v) is 3.99. The smallest absolute Gasteiger partial charge is 0.327 e. The van der Waals surface area contributed by atoms with Gasteiger partial charge in [0.2, 0.25) is 0 Å². The molecule has 1 atom stereocenters. The Labute approximate surface area is 149 Å². The molecule has 0 spiro atoms. The number of hydrogen-bond acceptors (Lipinski definition) is 6. The molecule has 0 aromatic heterocycles. The number of carbonyl (C=O) groups is 2. The highest BCUT2D eigenvalue weighted by Gasteiger charge is 2.45. The average molecular weight is 359 g/mol. The SMILES string of the molecule is COC(=O)C(C)(C(=O)O)c1ccc([N+](=O)[O-])c(OCc2ccccc2)c1. The molecule has 26 heavy (non-hydrogen) atoms. The van der Waals surface area contributed by atoms with Crippen LogP contribution in [0.4, 0.5) is 5.69 Å². The molecule has 136 valence electrons. The monoisotopic (exact) mass is 359 g/mol. The summed E-state index contributed by atoms with van der Waals surface area (Å²) >= 11 is 0. The summed E-state index contributed by atoms with van der Waals surface area (Å²) in [5.74, 6) is -2.56. The van der Waals surface area contributed by atoms with Gasteiger partial charge < -0.3 is 14.6 Å². The molecule has 0 aliphatic rings. The lowest BCUT2D eigenvalue weighted by Gasteiger charge is -2.22. The van der Waals surface area contributed by atoms with Gasteiger partial charge in [-0.3, -0.25) is 19.7 Å². The van der Waals surface area contributed by atoms with Crippen LogP contribution in [0.15, 0.2) is 48.5 Å². The van der Waals surface area contributed by atoms with Crippen LogP contribution in [0.3, 0.4) is 0 Å². The van der Waals surface area contributed by atoms with Crippen molar-refractivity contribution in [2.45, 2.75) is 18.9 Å². The quantitative estimate of drug-likeness (QED) is 0.350. The van der Waals surface area contributed by atoms with E-state index in [1.54, 1.807) is 24.3 Å². The predicted octanol–water partition coefficient (Wildman–Crippen LogP) is 2.69. The van der Waals surface area contributed by atoms with E-state index in [2.05, 4.69) is 4.74 Å². The first-order chi connectivity index (χ1) is 12.3. The molecule has 2 rings (SSSR count). The number of nitro groups is 1. The summed E-state index contributed by atoms with van der Waals surface area (Å²) in [6.07, 6.45) is 0. The number of esters is 1. The number of nitro benzene ring substituents is 1. The molecule has 1 N–H and O–H groups in total. The zero-order valence-electron chi connectivity index (χ0n) is 14.2. The summed E-state index contributed by atoms with van der Waals surface area (Å²) in [7, 11) is 1.07. The number of methoxy groups -OCH3 is 1. The number of nitrogens with zero attached hydrogens (tertiary/aromatic N) is 1. The molecule has 8 nitrogen and oxygen atoms in total. The van der Waals surface area contributed by atoms with Crippen LogP contribution in [-0.4, -0.2) is 29.1 Å². The lowest BCUT2D eigenvalue weighted by Crippen LogP contribution is -2.41. The standard InChI is InChI=1S/C18H17NO7/c1-18(16(20)21,17(22)25-2)13-8-9-14(19(23)24)15(10-13)26-11-12-6-4-3-5-7-12/h3-10H,11H2,1-2H3,(H,20,21). The number of aliphatic carboxylic acids is 1. The Morgan fingerprint density at radius 1 is 1.19 bits per heavy atom. The molecule has 2 aromatic carbocycles. The fraction of sp³-hybridized carbons (Fsp3) is 0.222. The Hall–Kier alpha value is -3.42. The Morgan fingerprint density at radius 2 is 1.85 bits per heavy atom. The molecule has 0 bridgehead atoms. The van der Waals surface area contributed by atoms with E-state index in [-0.39, 0.29) is 23.6 Å². The third-order valence-electron chi connectivity index (χ3n) is 3.99. The molecule has 8 heteroatoms. The lowest BCUT2D eigenvalue weighted by atomic mass is 9.82. The fourth-order valence-electron chi connectivity index (χ4n) is 2.36. The van der Waals surface area contributed by atoms with Gasteiger partial charge in [-0.05, 0) is 24.1 Å². The van der Waals surface area contributed by atoms with Crippen LogP contribution in [0.25, 0.3) is 0 Å². The van der Waals surface area contributed by atoms with Crippen molar-refractivity contribution < 1.29 is 29.1 Å². The van der Waals surface area contributed by atoms with Gasteiger partial charge in [0, 0.05) is 6.07 Å². The maximum Gasteiger partial charge on any atom is 0.327 e. The van der Waals surface area contributed by atoms with Crippen LogP contribution in [0, 0.1) is 10.1 Å². The van der Waals surface area contributed by atoms with E-state index in [4.69, 9.17) is 4.74 Å². The van der Waals surface area contributed by atoms with Crippen molar-refractivity contribution >= 4 is 17.6 Å². The van der Waals surface area contributed by atoms with Gasteiger partial charge in [-0.25, -0.2) is 0 Å². The van der Waals surface area contributed by atoms with Gasteiger partial charge in [0.1, 0.15) is 6.61 Å². The van der Waals surface area contributed by atoms with Crippen LogP contribution in [0.5, 0.6) is 5.75 Å². The molecule has 0 aliphatic carbocycles. The van der Waals surface area contributed by atoms with Crippen LogP contribution in [0.2, 0.25) is 0 Å². The number of rotatable bonds is 7. The second kappa shape index (κ2) is 7.64. The molecule has 0 saturated carbocycles. The maximum absolute atomic E-state index is 12.0. The van der Waals surface area contributed by atoms with E-state index < -0.39 is 22.3 Å². The number of carbonyl (C=O) groups excluding carboxylic acids is 1. The first kappa shape index (κ1) is 18.9. The topological polar surface area (TPSA) is 116 Å². The Bertz CT molecular complexity index is 835. The van der Waals surface area contributed by atoms with Crippen LogP contribution >= 0.6 is 0 Å². The summed E-state index contributed by atoms with van der Waals surface area (Å²) in [5, 5.41) is 20.7. The van der Waals surface area contributed by atoms with Crippen molar-refractivity contribution in [3.8, 4) is 5.75 Å². The lowest BCUT2D eigenvalue weighted by molar-refractivity contribution is -0.386. The third kappa shape index (κ3) is 3.64. The van der Waals surface area contributed by atoms with Crippen LogP contribution < -0.4 is 4.74 Å². The molecule has 1 unspecified atom stereocenters. The number of benzene rings is 2. The molecular weight excluding hydrogens is 342 g/mol. The molecule has 0 radical (unpaired) electrons. The number of ether oxygens (including phenoxy) is 2. The molecule has 0 saturated heterocycles. The largest absolute Gasteiger partial charge is 0.482 e. The Balaban J connectivity index is 2.45. The zero-order chi connectivity index (χ0) is 19.3. The number of carboxylic acid groups (broad SMARTS) is 1. The summed E-state index contributed by atoms with van der Waals surface area (Å²) in [6.45, 7) is 1.22. The van der Waals surface area contributed by atoms with Gasteiger partial charge in [0.25, 0.3) is 0 Å². The van der Waals surface area contributed by atoms with Crippen molar-refractivity contribution in [2.75, 3.05) is 7.11 Å². The van der Waals surface area contributed by atoms with Gasteiger partial charge in [-0.1, -0.05) is 36.4 Å². The molecule has 0 amide bonds. The minimum absolute atomic E-state index is 0.0190. The summed E-state index contributed by atoms with van der Waals surface area (Å²) in [5.41, 5.74) is -1.55. The van der Waals surface area contributed by atoms with Crippen molar-refractivity contribution in [2.24, 2.45) is 0 Å².